The topological polar surface area (TPSA) is 79.2 Å². The minimum Gasteiger partial charge on any atom is -0.287 e. The summed E-state index contributed by atoms with van der Waals surface area (Å²) < 4.78 is 1.61. The van der Waals surface area contributed by atoms with E-state index in [2.05, 4.69) is 25.1 Å². The van der Waals surface area contributed by atoms with Crippen LogP contribution in [0.2, 0.25) is 0 Å². The minimum atomic E-state index is -0.0150. The molecule has 0 aromatic carbocycles. The minimum absolute atomic E-state index is 0.0150. The highest BCUT2D eigenvalue weighted by Gasteiger charge is 2.29. The van der Waals surface area contributed by atoms with E-state index < -0.39 is 0 Å². The molecule has 0 aliphatic carbocycles. The molecule has 0 amide bonds. The Morgan fingerprint density at radius 3 is 3.04 bits per heavy atom. The lowest BCUT2D eigenvalue weighted by atomic mass is 10.2. The third kappa shape index (κ3) is 2.68. The molecule has 1 atom stereocenters. The molecule has 1 aliphatic rings. The molecule has 4 heterocycles. The molecular formula is C15H18N6OS. The predicted octanol–water partition coefficient (Wildman–Crippen LogP) is 1.83. The highest BCUT2D eigenvalue weighted by molar-refractivity contribution is 7.16. The van der Waals surface area contributed by atoms with Crippen LogP contribution >= 0.6 is 11.3 Å². The highest BCUT2D eigenvalue weighted by Crippen LogP contribution is 2.30. The van der Waals surface area contributed by atoms with Gasteiger partial charge in [0.15, 0.2) is 10.8 Å². The van der Waals surface area contributed by atoms with E-state index in [1.165, 1.54) is 0 Å². The van der Waals surface area contributed by atoms with Gasteiger partial charge < -0.3 is 0 Å². The Morgan fingerprint density at radius 2 is 2.26 bits per heavy atom. The van der Waals surface area contributed by atoms with Crippen LogP contribution in [0.3, 0.4) is 0 Å². The van der Waals surface area contributed by atoms with E-state index >= 15 is 0 Å². The lowest BCUT2D eigenvalue weighted by molar-refractivity contribution is 0.237. The maximum absolute atomic E-state index is 12.2. The largest absolute Gasteiger partial charge is 0.287 e. The molecule has 4 rings (SSSR count). The number of H-pyrrole nitrogens is 1. The van der Waals surface area contributed by atoms with Crippen molar-refractivity contribution in [1.82, 2.24) is 29.5 Å². The molecule has 1 N–H and O–H groups in total. The van der Waals surface area contributed by atoms with E-state index in [4.69, 9.17) is 0 Å². The van der Waals surface area contributed by atoms with Gasteiger partial charge in [0.1, 0.15) is 5.82 Å². The Hall–Kier alpha value is -2.06. The van der Waals surface area contributed by atoms with E-state index in [1.807, 2.05) is 20.0 Å². The number of hydrogen-bond donors (Lipinski definition) is 1. The van der Waals surface area contributed by atoms with Gasteiger partial charge in [0.25, 0.3) is 5.56 Å². The summed E-state index contributed by atoms with van der Waals surface area (Å²) in [5.41, 5.74) is 0.801. The maximum atomic E-state index is 12.2. The Morgan fingerprint density at radius 1 is 1.39 bits per heavy atom. The van der Waals surface area contributed by atoms with Crippen molar-refractivity contribution in [3.63, 3.8) is 0 Å². The molecule has 1 aliphatic heterocycles. The molecule has 3 aromatic rings. The van der Waals surface area contributed by atoms with Gasteiger partial charge in [0.05, 0.1) is 11.7 Å². The highest BCUT2D eigenvalue weighted by atomic mass is 32.1. The zero-order valence-corrected chi connectivity index (χ0v) is 13.9. The van der Waals surface area contributed by atoms with Gasteiger partial charge in [-0.3, -0.25) is 19.2 Å². The molecule has 8 heteroatoms. The van der Waals surface area contributed by atoms with Crippen molar-refractivity contribution in [2.75, 3.05) is 6.54 Å². The van der Waals surface area contributed by atoms with Crippen LogP contribution in [0.15, 0.2) is 17.1 Å². The van der Waals surface area contributed by atoms with E-state index in [-0.39, 0.29) is 11.6 Å². The molecule has 1 saturated heterocycles. The fourth-order valence-corrected chi connectivity index (χ4v) is 4.01. The summed E-state index contributed by atoms with van der Waals surface area (Å²) in [5.74, 6) is 1.67. The molecule has 120 valence electrons. The number of hydrogen-bond acceptors (Lipinski definition) is 6. The number of likely N-dealkylation sites (tertiary alicyclic amines) is 1. The summed E-state index contributed by atoms with van der Waals surface area (Å²) in [4.78, 5) is 25.5. The molecule has 1 fully saturated rings. The fraction of sp³-hybridized carbons (Fsp3) is 0.467. The van der Waals surface area contributed by atoms with Crippen molar-refractivity contribution >= 4 is 16.3 Å². The van der Waals surface area contributed by atoms with Crippen LogP contribution in [-0.4, -0.2) is 36.0 Å². The van der Waals surface area contributed by atoms with E-state index in [0.29, 0.717) is 6.54 Å². The molecular weight excluding hydrogens is 312 g/mol. The van der Waals surface area contributed by atoms with Crippen LogP contribution in [0.4, 0.5) is 0 Å². The van der Waals surface area contributed by atoms with Gasteiger partial charge in [-0.1, -0.05) is 0 Å². The van der Waals surface area contributed by atoms with Gasteiger partial charge in [-0.2, -0.15) is 5.10 Å². The second-order valence-electron chi connectivity index (χ2n) is 5.99. The Labute approximate surface area is 137 Å². The smallest absolute Gasteiger partial charge is 0.258 e. The Bertz CT molecular complexity index is 910. The van der Waals surface area contributed by atoms with Crippen molar-refractivity contribution < 1.29 is 0 Å². The second-order valence-corrected chi connectivity index (χ2v) is 7.20. The van der Waals surface area contributed by atoms with Crippen molar-refractivity contribution in [1.29, 1.82) is 0 Å². The lowest BCUT2D eigenvalue weighted by Gasteiger charge is -2.21. The van der Waals surface area contributed by atoms with Gasteiger partial charge >= 0.3 is 0 Å². The van der Waals surface area contributed by atoms with Crippen LogP contribution in [0.1, 0.15) is 41.1 Å². The maximum Gasteiger partial charge on any atom is 0.258 e. The van der Waals surface area contributed by atoms with Gasteiger partial charge in [-0.25, -0.2) is 9.97 Å². The number of fused-ring (bicyclic) bond motifs is 1. The first-order valence-electron chi connectivity index (χ1n) is 7.72. The van der Waals surface area contributed by atoms with E-state index in [9.17, 15) is 4.79 Å². The lowest BCUT2D eigenvalue weighted by Crippen LogP contribution is -2.25. The first kappa shape index (κ1) is 14.5. The van der Waals surface area contributed by atoms with Crippen LogP contribution in [0, 0.1) is 13.8 Å². The van der Waals surface area contributed by atoms with Gasteiger partial charge in [-0.05, 0) is 33.2 Å². The van der Waals surface area contributed by atoms with Crippen molar-refractivity contribution in [2.24, 2.45) is 0 Å². The summed E-state index contributed by atoms with van der Waals surface area (Å²) in [5, 5.41) is 7.21. The van der Waals surface area contributed by atoms with Crippen molar-refractivity contribution in [3.8, 4) is 0 Å². The SMILES string of the molecule is Cc1nc(C2CCCN2Cc2cc(=O)n3cc(C)sc3n2)n[nH]1. The third-order valence-electron chi connectivity index (χ3n) is 4.18. The average molecular weight is 330 g/mol. The molecule has 3 aromatic heterocycles. The number of nitrogens with one attached hydrogen (secondary N) is 1. The zero-order chi connectivity index (χ0) is 16.0. The number of nitrogens with zero attached hydrogens (tertiary/aromatic N) is 5. The number of aromatic amines is 1. The summed E-state index contributed by atoms with van der Waals surface area (Å²) in [6.07, 6.45) is 3.99. The van der Waals surface area contributed by atoms with Crippen LogP contribution in [-0.2, 0) is 6.54 Å². The standard InChI is InChI=1S/C15H18N6OS/c1-9-7-21-13(22)6-11(17-15(21)23-9)8-20-5-3-4-12(20)14-16-10(2)18-19-14/h6-7,12H,3-5,8H2,1-2H3,(H,16,18,19). The second kappa shape index (κ2) is 5.54. The number of thiazole rings is 1. The Kier molecular flexibility index (Phi) is 3.50. The number of aryl methyl sites for hydroxylation is 2. The van der Waals surface area contributed by atoms with Gasteiger partial charge in [0, 0.05) is 23.7 Å². The predicted molar refractivity (Wildman–Crippen MR) is 87.6 cm³/mol. The monoisotopic (exact) mass is 330 g/mol. The van der Waals surface area contributed by atoms with Crippen molar-refractivity contribution in [3.05, 3.63) is 44.8 Å². The van der Waals surface area contributed by atoms with Crippen molar-refractivity contribution in [2.45, 2.75) is 39.3 Å². The normalized spacial score (nSPS) is 19.0. The molecule has 0 saturated carbocycles. The molecule has 0 radical (unpaired) electrons. The Balaban J connectivity index is 1.63. The molecule has 1 unspecified atom stereocenters. The summed E-state index contributed by atoms with van der Waals surface area (Å²) >= 11 is 1.54. The zero-order valence-electron chi connectivity index (χ0n) is 13.1. The third-order valence-corrected chi connectivity index (χ3v) is 5.08. The first-order chi connectivity index (χ1) is 11.1. The molecule has 23 heavy (non-hydrogen) atoms. The quantitative estimate of drug-likeness (QED) is 0.792. The van der Waals surface area contributed by atoms with E-state index in [0.717, 1.165) is 46.6 Å². The summed E-state index contributed by atoms with van der Waals surface area (Å²) in [6.45, 7) is 5.52. The molecule has 7 nitrogen and oxygen atoms in total. The average Bonchev–Trinajstić information content (AvgIpc) is 3.18. The van der Waals surface area contributed by atoms with Crippen LogP contribution in [0.5, 0.6) is 0 Å². The van der Waals surface area contributed by atoms with Crippen LogP contribution < -0.4 is 5.56 Å². The number of aromatic nitrogens is 5. The number of rotatable bonds is 3. The summed E-state index contributed by atoms with van der Waals surface area (Å²) in [6, 6.07) is 1.84. The molecule has 0 spiro atoms. The van der Waals surface area contributed by atoms with Crippen LogP contribution in [0.25, 0.3) is 4.96 Å². The summed E-state index contributed by atoms with van der Waals surface area (Å²) in [7, 11) is 0. The first-order valence-corrected chi connectivity index (χ1v) is 8.53. The molecule has 0 bridgehead atoms. The fourth-order valence-electron chi connectivity index (χ4n) is 3.16. The van der Waals surface area contributed by atoms with E-state index in [1.54, 1.807) is 21.8 Å². The van der Waals surface area contributed by atoms with Gasteiger partial charge in [-0.15, -0.1) is 11.3 Å². The van der Waals surface area contributed by atoms with Gasteiger partial charge in [0.2, 0.25) is 0 Å².